The molecule has 3 amide bonds. The molecule has 2 saturated heterocycles. The number of unbranched alkanes of at least 4 members (excludes halogenated alkanes) is 1. The molecule has 8 nitrogen and oxygen atoms in total. The number of carbonyl (C=O) groups is 3. The molecule has 1 aromatic carbocycles. The number of carbonyl (C=O) groups excluding carboxylic acids is 3. The molecule has 40 heavy (non-hydrogen) atoms. The van der Waals surface area contributed by atoms with Gasteiger partial charge in [0.1, 0.15) is 11.6 Å². The molecule has 1 aromatic rings. The lowest BCUT2D eigenvalue weighted by Gasteiger charge is -2.38. The summed E-state index contributed by atoms with van der Waals surface area (Å²) in [6, 6.07) is 6.90. The van der Waals surface area contributed by atoms with E-state index in [2.05, 4.69) is 43.4 Å². The van der Waals surface area contributed by atoms with Crippen molar-refractivity contribution in [2.45, 2.75) is 83.6 Å². The highest BCUT2D eigenvalue weighted by molar-refractivity contribution is 6.02. The van der Waals surface area contributed by atoms with Gasteiger partial charge < -0.3 is 25.2 Å². The normalized spacial score (nSPS) is 34.4. The fourth-order valence-corrected chi connectivity index (χ4v) is 7.32. The Morgan fingerprint density at radius 3 is 2.73 bits per heavy atom. The van der Waals surface area contributed by atoms with Crippen LogP contribution in [0.15, 0.2) is 36.4 Å². The van der Waals surface area contributed by atoms with Gasteiger partial charge in [0, 0.05) is 24.8 Å². The van der Waals surface area contributed by atoms with Gasteiger partial charge in [0.05, 0.1) is 17.9 Å². The SMILES string of the molecule is CCCCN(C)CCN1C(=O)[C@@H]2C(C(=O)Nc3cccc(C)c3)[C@@H]3C=CC2(O3)C1C(=O)NC1CCCC(C)C1C. The summed E-state index contributed by atoms with van der Waals surface area (Å²) in [7, 11) is 2.05. The predicted octanol–water partition coefficient (Wildman–Crippen LogP) is 3.76. The van der Waals surface area contributed by atoms with E-state index in [-0.39, 0.29) is 23.8 Å². The van der Waals surface area contributed by atoms with Crippen molar-refractivity contribution in [3.63, 3.8) is 0 Å². The Balaban J connectivity index is 1.41. The van der Waals surface area contributed by atoms with E-state index in [0.29, 0.717) is 30.6 Å². The molecular weight excluding hydrogens is 504 g/mol. The first kappa shape index (κ1) is 28.8. The fourth-order valence-electron chi connectivity index (χ4n) is 7.32. The lowest BCUT2D eigenvalue weighted by atomic mass is 9.73. The average molecular weight is 551 g/mol. The predicted molar refractivity (Wildman–Crippen MR) is 156 cm³/mol. The highest BCUT2D eigenvalue weighted by Gasteiger charge is 2.72. The van der Waals surface area contributed by atoms with Crippen LogP contribution in [-0.4, -0.2) is 78.0 Å². The summed E-state index contributed by atoms with van der Waals surface area (Å²) >= 11 is 0. The molecule has 3 heterocycles. The first-order chi connectivity index (χ1) is 19.2. The number of benzene rings is 1. The van der Waals surface area contributed by atoms with E-state index in [4.69, 9.17) is 4.74 Å². The maximum atomic E-state index is 14.2. The molecule has 4 aliphatic rings. The van der Waals surface area contributed by atoms with E-state index in [1.807, 2.05) is 43.3 Å². The van der Waals surface area contributed by atoms with Gasteiger partial charge in [0.25, 0.3) is 0 Å². The summed E-state index contributed by atoms with van der Waals surface area (Å²) in [5.41, 5.74) is 0.600. The molecule has 2 bridgehead atoms. The molecule has 0 radical (unpaired) electrons. The van der Waals surface area contributed by atoms with Crippen molar-refractivity contribution < 1.29 is 19.1 Å². The summed E-state index contributed by atoms with van der Waals surface area (Å²) in [5, 5.41) is 6.35. The van der Waals surface area contributed by atoms with Gasteiger partial charge in [-0.3, -0.25) is 14.4 Å². The summed E-state index contributed by atoms with van der Waals surface area (Å²) in [6.45, 7) is 10.6. The van der Waals surface area contributed by atoms with Crippen molar-refractivity contribution in [3.05, 3.63) is 42.0 Å². The van der Waals surface area contributed by atoms with Crippen LogP contribution in [0.5, 0.6) is 0 Å². The quantitative estimate of drug-likeness (QED) is 0.433. The Kier molecular flexibility index (Phi) is 8.39. The number of fused-ring (bicyclic) bond motifs is 1. The lowest BCUT2D eigenvalue weighted by Crippen LogP contribution is -2.58. The maximum Gasteiger partial charge on any atom is 0.246 e. The Bertz CT molecular complexity index is 1150. The minimum absolute atomic E-state index is 0.0684. The van der Waals surface area contributed by atoms with Crippen molar-refractivity contribution in [1.29, 1.82) is 0 Å². The van der Waals surface area contributed by atoms with Crippen LogP contribution in [-0.2, 0) is 19.1 Å². The van der Waals surface area contributed by atoms with Crippen LogP contribution in [0, 0.1) is 30.6 Å². The van der Waals surface area contributed by atoms with Gasteiger partial charge in [0.2, 0.25) is 17.7 Å². The van der Waals surface area contributed by atoms with Crippen molar-refractivity contribution >= 4 is 23.4 Å². The fraction of sp³-hybridized carbons (Fsp3) is 0.656. The van der Waals surface area contributed by atoms with E-state index < -0.39 is 29.6 Å². The summed E-state index contributed by atoms with van der Waals surface area (Å²) in [5.74, 6) is -1.09. The third-order valence-corrected chi connectivity index (χ3v) is 9.86. The van der Waals surface area contributed by atoms with Crippen molar-refractivity contribution in [1.82, 2.24) is 15.1 Å². The molecule has 3 fully saturated rings. The zero-order valence-corrected chi connectivity index (χ0v) is 24.7. The Labute approximate surface area is 238 Å². The van der Waals surface area contributed by atoms with Gasteiger partial charge in [-0.05, 0) is 62.9 Å². The zero-order valence-electron chi connectivity index (χ0n) is 24.7. The Hall–Kier alpha value is -2.71. The molecule has 1 saturated carbocycles. The molecule has 218 valence electrons. The van der Waals surface area contributed by atoms with Crippen molar-refractivity contribution in [3.8, 4) is 0 Å². The highest BCUT2D eigenvalue weighted by atomic mass is 16.5. The number of likely N-dealkylation sites (tertiary alicyclic amines) is 1. The first-order valence-electron chi connectivity index (χ1n) is 15.2. The number of hydrogen-bond acceptors (Lipinski definition) is 5. The first-order valence-corrected chi connectivity index (χ1v) is 15.2. The van der Waals surface area contributed by atoms with E-state index in [0.717, 1.165) is 37.8 Å². The third kappa shape index (κ3) is 5.20. The van der Waals surface area contributed by atoms with Crippen LogP contribution in [0.2, 0.25) is 0 Å². The standard InChI is InChI=1S/C32H46N4O4/c1-6-7-16-35(5)17-18-36-28(30(38)34-24-13-9-11-21(3)22(24)4)32-15-14-25(40-32)26(27(32)31(36)39)29(37)33-23-12-8-10-20(2)19-23/h8,10,12,14-15,19,21-22,24-28H,6-7,9,11,13,16-18H2,1-5H3,(H,33,37)(H,34,38)/t21?,22?,24?,25-,26?,27-,28?,32?/m0/s1. The minimum atomic E-state index is -1.13. The maximum absolute atomic E-state index is 14.2. The average Bonchev–Trinajstić information content (AvgIpc) is 3.56. The van der Waals surface area contributed by atoms with E-state index >= 15 is 0 Å². The van der Waals surface area contributed by atoms with Crippen molar-refractivity contribution in [2.75, 3.05) is 32.0 Å². The second-order valence-corrected chi connectivity index (χ2v) is 12.6. The number of nitrogens with one attached hydrogen (secondary N) is 2. The number of nitrogens with zero attached hydrogens (tertiary/aromatic N) is 2. The monoisotopic (exact) mass is 550 g/mol. The third-order valence-electron chi connectivity index (χ3n) is 9.86. The number of ether oxygens (including phenoxy) is 1. The Morgan fingerprint density at radius 2 is 1.98 bits per heavy atom. The van der Waals surface area contributed by atoms with Gasteiger partial charge in [-0.1, -0.05) is 64.3 Å². The van der Waals surface area contributed by atoms with Crippen LogP contribution in [0.3, 0.4) is 0 Å². The zero-order chi connectivity index (χ0) is 28.6. The second kappa shape index (κ2) is 11.6. The smallest absolute Gasteiger partial charge is 0.246 e. The molecule has 8 atom stereocenters. The number of hydrogen-bond donors (Lipinski definition) is 2. The molecule has 1 spiro atoms. The highest BCUT2D eigenvalue weighted by Crippen LogP contribution is 2.55. The molecule has 2 N–H and O–H groups in total. The summed E-state index contributed by atoms with van der Waals surface area (Å²) in [6.07, 6.45) is 8.61. The molecule has 1 aliphatic carbocycles. The number of amides is 3. The minimum Gasteiger partial charge on any atom is -0.359 e. The van der Waals surface area contributed by atoms with Gasteiger partial charge in [-0.2, -0.15) is 0 Å². The van der Waals surface area contributed by atoms with Crippen LogP contribution in [0.4, 0.5) is 5.69 Å². The molecule has 3 aliphatic heterocycles. The number of aryl methyl sites for hydroxylation is 1. The largest absolute Gasteiger partial charge is 0.359 e. The van der Waals surface area contributed by atoms with Gasteiger partial charge in [-0.25, -0.2) is 0 Å². The summed E-state index contributed by atoms with van der Waals surface area (Å²) in [4.78, 5) is 45.9. The van der Waals surface area contributed by atoms with Crippen LogP contribution < -0.4 is 10.6 Å². The molecule has 5 rings (SSSR count). The second-order valence-electron chi connectivity index (χ2n) is 12.6. The molecular formula is C32H46N4O4. The van der Waals surface area contributed by atoms with Crippen LogP contribution >= 0.6 is 0 Å². The number of likely N-dealkylation sites (N-methyl/N-ethyl adjacent to an activating group) is 1. The van der Waals surface area contributed by atoms with Gasteiger partial charge in [-0.15, -0.1) is 0 Å². The molecule has 6 unspecified atom stereocenters. The lowest BCUT2D eigenvalue weighted by molar-refractivity contribution is -0.141. The molecule has 0 aromatic heterocycles. The molecule has 8 heteroatoms. The van der Waals surface area contributed by atoms with E-state index in [1.54, 1.807) is 4.90 Å². The van der Waals surface area contributed by atoms with E-state index in [1.165, 1.54) is 6.42 Å². The van der Waals surface area contributed by atoms with Gasteiger partial charge in [0.15, 0.2) is 0 Å². The van der Waals surface area contributed by atoms with E-state index in [9.17, 15) is 14.4 Å². The number of anilines is 1. The van der Waals surface area contributed by atoms with Crippen LogP contribution in [0.1, 0.15) is 58.4 Å². The topological polar surface area (TPSA) is 91.0 Å². The summed E-state index contributed by atoms with van der Waals surface area (Å²) < 4.78 is 6.51. The van der Waals surface area contributed by atoms with Gasteiger partial charge >= 0.3 is 0 Å². The van der Waals surface area contributed by atoms with Crippen molar-refractivity contribution in [2.24, 2.45) is 23.7 Å². The number of rotatable bonds is 10. The van der Waals surface area contributed by atoms with Crippen LogP contribution in [0.25, 0.3) is 0 Å². The Morgan fingerprint density at radius 1 is 1.18 bits per heavy atom.